The second-order valence-electron chi connectivity index (χ2n) is 5.74. The van der Waals surface area contributed by atoms with Crippen LogP contribution in [-0.4, -0.2) is 46.9 Å². The van der Waals surface area contributed by atoms with Gasteiger partial charge in [-0.1, -0.05) is 12.8 Å². The molecule has 1 saturated carbocycles. The zero-order valence-corrected chi connectivity index (χ0v) is 14.8. The molecular weight excluding hydrogens is 332 g/mol. The molecule has 0 spiro atoms. The van der Waals surface area contributed by atoms with Gasteiger partial charge in [-0.15, -0.1) is 0 Å². The van der Waals surface area contributed by atoms with Gasteiger partial charge >= 0.3 is 0 Å². The molecule has 0 aliphatic heterocycles. The Hall–Kier alpha value is -1.80. The number of benzene rings is 1. The Morgan fingerprint density at radius 2 is 1.83 bits per heavy atom. The van der Waals surface area contributed by atoms with Crippen molar-refractivity contribution in [3.05, 3.63) is 23.8 Å². The molecule has 24 heavy (non-hydrogen) atoms. The summed E-state index contributed by atoms with van der Waals surface area (Å²) in [5.41, 5.74) is 0.383. The highest BCUT2D eigenvalue weighted by Crippen LogP contribution is 2.27. The first kappa shape index (κ1) is 18.5. The van der Waals surface area contributed by atoms with Crippen LogP contribution >= 0.6 is 0 Å². The molecule has 8 heteroatoms. The Morgan fingerprint density at radius 3 is 2.46 bits per heavy atom. The molecule has 0 unspecified atom stereocenters. The number of rotatable bonds is 8. The van der Waals surface area contributed by atoms with E-state index in [4.69, 9.17) is 9.47 Å². The molecule has 0 saturated heterocycles. The summed E-state index contributed by atoms with van der Waals surface area (Å²) < 4.78 is 36.9. The number of sulfonamides is 1. The lowest BCUT2D eigenvalue weighted by Gasteiger charge is -2.13. The number of hydrogen-bond acceptors (Lipinski definition) is 5. The van der Waals surface area contributed by atoms with Gasteiger partial charge in [0.15, 0.2) is 11.5 Å². The quantitative estimate of drug-likeness (QED) is 0.732. The van der Waals surface area contributed by atoms with Gasteiger partial charge < -0.3 is 14.8 Å². The summed E-state index contributed by atoms with van der Waals surface area (Å²) in [7, 11) is -0.375. The third-order valence-corrected chi connectivity index (χ3v) is 5.44. The van der Waals surface area contributed by atoms with E-state index >= 15 is 0 Å². The summed E-state index contributed by atoms with van der Waals surface area (Å²) in [6, 6.07) is 4.82. The van der Waals surface area contributed by atoms with Gasteiger partial charge in [0.05, 0.1) is 20.0 Å². The highest BCUT2D eigenvalue weighted by molar-refractivity contribution is 7.89. The lowest BCUT2D eigenvalue weighted by Crippen LogP contribution is -2.38. The fourth-order valence-electron chi connectivity index (χ4n) is 2.73. The summed E-state index contributed by atoms with van der Waals surface area (Å²) in [6.07, 6.45) is 3.89. The first-order valence-electron chi connectivity index (χ1n) is 7.95. The number of nitrogens with one attached hydrogen (secondary N) is 2. The Bertz CT molecular complexity index is 669. The molecule has 1 aliphatic rings. The minimum absolute atomic E-state index is 0.0385. The molecule has 1 fully saturated rings. The van der Waals surface area contributed by atoms with Gasteiger partial charge in [0.1, 0.15) is 0 Å². The van der Waals surface area contributed by atoms with Crippen molar-refractivity contribution >= 4 is 15.9 Å². The maximum Gasteiger partial charge on any atom is 0.251 e. The average Bonchev–Trinajstić information content (AvgIpc) is 3.05. The highest BCUT2D eigenvalue weighted by atomic mass is 32.2. The molecule has 0 aromatic heterocycles. The summed E-state index contributed by atoms with van der Waals surface area (Å²) in [5, 5.41) is 2.61. The molecule has 0 atom stereocenters. The van der Waals surface area contributed by atoms with Crippen LogP contribution in [0.1, 0.15) is 36.0 Å². The van der Waals surface area contributed by atoms with Gasteiger partial charge in [-0.2, -0.15) is 0 Å². The fraction of sp³-hybridized carbons (Fsp3) is 0.562. The lowest BCUT2D eigenvalue weighted by atomic mass is 10.2. The summed E-state index contributed by atoms with van der Waals surface area (Å²) in [4.78, 5) is 12.1. The van der Waals surface area contributed by atoms with E-state index in [2.05, 4.69) is 10.0 Å². The molecule has 1 aliphatic carbocycles. The lowest BCUT2D eigenvalue weighted by molar-refractivity contribution is 0.0955. The van der Waals surface area contributed by atoms with E-state index in [0.717, 1.165) is 25.7 Å². The molecule has 1 aromatic carbocycles. The van der Waals surface area contributed by atoms with Gasteiger partial charge in [0, 0.05) is 18.2 Å². The Labute approximate surface area is 142 Å². The van der Waals surface area contributed by atoms with Crippen molar-refractivity contribution in [2.75, 3.05) is 26.5 Å². The van der Waals surface area contributed by atoms with Crippen molar-refractivity contribution < 1.29 is 22.7 Å². The Balaban J connectivity index is 1.86. The molecule has 2 N–H and O–H groups in total. The van der Waals surface area contributed by atoms with Crippen LogP contribution in [0.3, 0.4) is 0 Å². The second kappa shape index (κ2) is 8.34. The molecule has 134 valence electrons. The number of amides is 1. The van der Waals surface area contributed by atoms with E-state index < -0.39 is 10.0 Å². The van der Waals surface area contributed by atoms with Crippen LogP contribution in [0.4, 0.5) is 0 Å². The van der Waals surface area contributed by atoms with Gasteiger partial charge in [-0.3, -0.25) is 4.79 Å². The first-order valence-corrected chi connectivity index (χ1v) is 9.60. The molecule has 2 rings (SSSR count). The fourth-order valence-corrected chi connectivity index (χ4v) is 3.97. The second-order valence-corrected chi connectivity index (χ2v) is 7.62. The van der Waals surface area contributed by atoms with Crippen molar-refractivity contribution in [1.82, 2.24) is 10.0 Å². The predicted octanol–water partition coefficient (Wildman–Crippen LogP) is 1.30. The Kier molecular flexibility index (Phi) is 6.44. The van der Waals surface area contributed by atoms with Gasteiger partial charge in [-0.05, 0) is 31.0 Å². The molecule has 0 bridgehead atoms. The molecule has 7 nitrogen and oxygen atoms in total. The largest absolute Gasteiger partial charge is 0.493 e. The standard InChI is InChI=1S/C16H24N2O5S/c1-22-14-8-7-12(11-15(14)23-2)16(19)17-9-10-24(20,21)18-13-5-3-4-6-13/h7-8,11,13,18H,3-6,9-10H2,1-2H3,(H,17,19). The van der Waals surface area contributed by atoms with E-state index in [-0.39, 0.29) is 24.2 Å². The van der Waals surface area contributed by atoms with E-state index in [1.807, 2.05) is 0 Å². The van der Waals surface area contributed by atoms with E-state index in [0.29, 0.717) is 17.1 Å². The zero-order chi connectivity index (χ0) is 17.6. The van der Waals surface area contributed by atoms with Crippen LogP contribution in [0, 0.1) is 0 Å². The van der Waals surface area contributed by atoms with Crippen molar-refractivity contribution in [2.24, 2.45) is 0 Å². The van der Waals surface area contributed by atoms with Gasteiger partial charge in [-0.25, -0.2) is 13.1 Å². The molecule has 0 heterocycles. The first-order chi connectivity index (χ1) is 11.4. The number of methoxy groups -OCH3 is 2. The third-order valence-electron chi connectivity index (χ3n) is 4.00. The van der Waals surface area contributed by atoms with Crippen LogP contribution in [0.15, 0.2) is 18.2 Å². The average molecular weight is 356 g/mol. The van der Waals surface area contributed by atoms with E-state index in [1.165, 1.54) is 14.2 Å². The van der Waals surface area contributed by atoms with Crippen LogP contribution in [0.2, 0.25) is 0 Å². The van der Waals surface area contributed by atoms with Crippen LogP contribution < -0.4 is 19.5 Å². The predicted molar refractivity (Wildman–Crippen MR) is 91.1 cm³/mol. The zero-order valence-electron chi connectivity index (χ0n) is 14.0. The molecule has 1 amide bonds. The van der Waals surface area contributed by atoms with Gasteiger partial charge in [0.25, 0.3) is 5.91 Å². The SMILES string of the molecule is COc1ccc(C(=O)NCCS(=O)(=O)NC2CCCC2)cc1OC. The normalized spacial score (nSPS) is 15.2. The smallest absolute Gasteiger partial charge is 0.251 e. The van der Waals surface area contributed by atoms with Crippen LogP contribution in [0.5, 0.6) is 11.5 Å². The van der Waals surface area contributed by atoms with Gasteiger partial charge in [0.2, 0.25) is 10.0 Å². The minimum Gasteiger partial charge on any atom is -0.493 e. The number of carbonyl (C=O) groups is 1. The summed E-state index contributed by atoms with van der Waals surface area (Å²) in [6.45, 7) is 0.0508. The van der Waals surface area contributed by atoms with Crippen molar-refractivity contribution in [3.8, 4) is 11.5 Å². The maximum atomic E-state index is 12.1. The van der Waals surface area contributed by atoms with Crippen LogP contribution in [0.25, 0.3) is 0 Å². The molecule has 1 aromatic rings. The van der Waals surface area contributed by atoms with Crippen LogP contribution in [-0.2, 0) is 10.0 Å². The maximum absolute atomic E-state index is 12.1. The van der Waals surface area contributed by atoms with Crippen molar-refractivity contribution in [3.63, 3.8) is 0 Å². The topological polar surface area (TPSA) is 93.7 Å². The molecule has 0 radical (unpaired) electrons. The summed E-state index contributed by atoms with van der Waals surface area (Å²) in [5.74, 6) is 0.479. The molecular formula is C16H24N2O5S. The number of hydrogen-bond donors (Lipinski definition) is 2. The van der Waals surface area contributed by atoms with E-state index in [1.54, 1.807) is 18.2 Å². The minimum atomic E-state index is -3.38. The van der Waals surface area contributed by atoms with Crippen molar-refractivity contribution in [2.45, 2.75) is 31.7 Å². The van der Waals surface area contributed by atoms with E-state index in [9.17, 15) is 13.2 Å². The summed E-state index contributed by atoms with van der Waals surface area (Å²) >= 11 is 0. The highest BCUT2D eigenvalue weighted by Gasteiger charge is 2.21. The Morgan fingerprint density at radius 1 is 1.17 bits per heavy atom. The monoisotopic (exact) mass is 356 g/mol. The third kappa shape index (κ3) is 5.10. The van der Waals surface area contributed by atoms with Crippen molar-refractivity contribution in [1.29, 1.82) is 0 Å². The number of ether oxygens (including phenoxy) is 2. The number of carbonyl (C=O) groups excluding carboxylic acids is 1.